The maximum Gasteiger partial charge on any atom is 0.232 e. The summed E-state index contributed by atoms with van der Waals surface area (Å²) in [6, 6.07) is 17.9. The largest absolute Gasteiger partial charge is 0.379 e. The number of anilines is 4. The minimum Gasteiger partial charge on any atom is -0.379 e. The van der Waals surface area contributed by atoms with E-state index in [1.54, 1.807) is 19.3 Å². The lowest BCUT2D eigenvalue weighted by atomic mass is 10.1. The number of terminal acetylenes is 1. The molecule has 5 rings (SSSR count). The highest BCUT2D eigenvalue weighted by Gasteiger charge is 2.25. The molecule has 3 heterocycles. The van der Waals surface area contributed by atoms with E-state index in [2.05, 4.69) is 45.1 Å². The van der Waals surface area contributed by atoms with Crippen molar-refractivity contribution in [1.29, 1.82) is 0 Å². The SMILES string of the molecule is C#CC(O)CN1CCN(c2ccc(Nc3ncc4ccn(Cc5ccccc5N(C)S(C)(=O)=O)c4n3)cc2)CC1C. The van der Waals surface area contributed by atoms with Crippen molar-refractivity contribution in [2.45, 2.75) is 25.6 Å². The lowest BCUT2D eigenvalue weighted by Crippen LogP contribution is -2.53. The van der Waals surface area contributed by atoms with Crippen LogP contribution in [-0.4, -0.2) is 84.6 Å². The van der Waals surface area contributed by atoms with Gasteiger partial charge in [0.25, 0.3) is 0 Å². The number of rotatable bonds is 9. The van der Waals surface area contributed by atoms with Crippen LogP contribution in [0.4, 0.5) is 23.0 Å². The van der Waals surface area contributed by atoms with Crippen molar-refractivity contribution in [3.63, 3.8) is 0 Å². The smallest absolute Gasteiger partial charge is 0.232 e. The molecule has 0 spiro atoms. The van der Waals surface area contributed by atoms with Gasteiger partial charge in [0.1, 0.15) is 11.8 Å². The van der Waals surface area contributed by atoms with E-state index in [0.29, 0.717) is 24.7 Å². The monoisotopic (exact) mass is 573 g/mol. The number of nitrogens with zero attached hydrogens (tertiary/aromatic N) is 6. The van der Waals surface area contributed by atoms with Crippen LogP contribution in [0.25, 0.3) is 11.0 Å². The summed E-state index contributed by atoms with van der Waals surface area (Å²) in [5.74, 6) is 2.87. The number of aliphatic hydroxyl groups excluding tert-OH is 1. The molecule has 1 fully saturated rings. The topological polar surface area (TPSA) is 107 Å². The van der Waals surface area contributed by atoms with Gasteiger partial charge >= 0.3 is 0 Å². The molecule has 0 aliphatic carbocycles. The number of sulfonamides is 1. The molecule has 2 N–H and O–H groups in total. The molecule has 214 valence electrons. The third-order valence-corrected chi connectivity index (χ3v) is 8.72. The normalized spacial score (nSPS) is 16.9. The fraction of sp³-hybridized carbons (Fsp3) is 0.333. The summed E-state index contributed by atoms with van der Waals surface area (Å²) in [5.41, 5.74) is 4.24. The van der Waals surface area contributed by atoms with Gasteiger partial charge in [-0.2, -0.15) is 4.98 Å². The lowest BCUT2D eigenvalue weighted by Gasteiger charge is -2.41. The highest BCUT2D eigenvalue weighted by Crippen LogP contribution is 2.26. The second-order valence-electron chi connectivity index (χ2n) is 10.4. The Morgan fingerprint density at radius 3 is 2.63 bits per heavy atom. The number of β-amino-alcohol motifs (C(OH)–C–C–N with tert-alkyl or cyclic N) is 1. The molecule has 2 unspecified atom stereocenters. The summed E-state index contributed by atoms with van der Waals surface area (Å²) in [5, 5.41) is 14.0. The van der Waals surface area contributed by atoms with Crippen LogP contribution in [0.15, 0.2) is 67.0 Å². The molecule has 41 heavy (non-hydrogen) atoms. The predicted molar refractivity (Wildman–Crippen MR) is 164 cm³/mol. The lowest BCUT2D eigenvalue weighted by molar-refractivity contribution is 0.116. The predicted octanol–water partition coefficient (Wildman–Crippen LogP) is 3.12. The molecule has 1 aliphatic rings. The molecule has 2 aromatic heterocycles. The molecule has 2 atom stereocenters. The second kappa shape index (κ2) is 11.8. The Morgan fingerprint density at radius 1 is 1.17 bits per heavy atom. The average molecular weight is 574 g/mol. The van der Waals surface area contributed by atoms with Gasteiger partial charge in [-0.25, -0.2) is 13.4 Å². The van der Waals surface area contributed by atoms with E-state index in [1.165, 1.54) is 10.6 Å². The van der Waals surface area contributed by atoms with E-state index >= 15 is 0 Å². The Hall–Kier alpha value is -4.11. The van der Waals surface area contributed by atoms with Gasteiger partial charge in [-0.1, -0.05) is 24.1 Å². The molecule has 0 saturated carbocycles. The summed E-state index contributed by atoms with van der Waals surface area (Å²) < 4.78 is 27.6. The summed E-state index contributed by atoms with van der Waals surface area (Å²) >= 11 is 0. The van der Waals surface area contributed by atoms with Gasteiger partial charge in [0.2, 0.25) is 16.0 Å². The first-order chi connectivity index (χ1) is 19.6. The minimum atomic E-state index is -3.39. The van der Waals surface area contributed by atoms with Crippen LogP contribution in [-0.2, 0) is 16.6 Å². The summed E-state index contributed by atoms with van der Waals surface area (Å²) in [4.78, 5) is 13.8. The molecule has 0 radical (unpaired) electrons. The van der Waals surface area contributed by atoms with Crippen LogP contribution < -0.4 is 14.5 Å². The summed E-state index contributed by atoms with van der Waals surface area (Å²) in [6.45, 7) is 5.64. The van der Waals surface area contributed by atoms with E-state index < -0.39 is 16.1 Å². The third kappa shape index (κ3) is 6.46. The Morgan fingerprint density at radius 2 is 1.93 bits per heavy atom. The number of nitrogens with one attached hydrogen (secondary N) is 1. The number of hydrogen-bond donors (Lipinski definition) is 2. The number of aromatic nitrogens is 3. The van der Waals surface area contributed by atoms with Gasteiger partial charge in [0.15, 0.2) is 0 Å². The zero-order chi connectivity index (χ0) is 29.1. The molecular formula is C30H35N7O3S. The number of aliphatic hydroxyl groups is 1. The van der Waals surface area contributed by atoms with Crippen molar-refractivity contribution in [1.82, 2.24) is 19.4 Å². The van der Waals surface area contributed by atoms with Crippen LogP contribution >= 0.6 is 0 Å². The van der Waals surface area contributed by atoms with Crippen LogP contribution in [0.5, 0.6) is 0 Å². The van der Waals surface area contributed by atoms with Gasteiger partial charge in [0, 0.05) is 68.4 Å². The van der Waals surface area contributed by atoms with Crippen molar-refractivity contribution in [3.8, 4) is 12.3 Å². The molecule has 0 amide bonds. The first-order valence-electron chi connectivity index (χ1n) is 13.5. The number of para-hydroxylation sites is 1. The van der Waals surface area contributed by atoms with Gasteiger partial charge < -0.3 is 19.9 Å². The maximum atomic E-state index is 12.2. The number of hydrogen-bond acceptors (Lipinski definition) is 8. The van der Waals surface area contributed by atoms with Gasteiger partial charge in [0.05, 0.1) is 18.5 Å². The molecule has 0 bridgehead atoms. The van der Waals surface area contributed by atoms with Crippen molar-refractivity contribution < 1.29 is 13.5 Å². The fourth-order valence-corrected chi connectivity index (χ4v) is 5.67. The van der Waals surface area contributed by atoms with Crippen molar-refractivity contribution in [3.05, 3.63) is 72.6 Å². The maximum absolute atomic E-state index is 12.2. The Bertz CT molecular complexity index is 1660. The Balaban J connectivity index is 1.29. The highest BCUT2D eigenvalue weighted by atomic mass is 32.2. The Kier molecular flexibility index (Phi) is 8.17. The van der Waals surface area contributed by atoms with Crippen LogP contribution in [0, 0.1) is 12.3 Å². The zero-order valence-corrected chi connectivity index (χ0v) is 24.3. The highest BCUT2D eigenvalue weighted by molar-refractivity contribution is 7.92. The van der Waals surface area contributed by atoms with E-state index in [9.17, 15) is 13.5 Å². The van der Waals surface area contributed by atoms with E-state index in [1.807, 2.05) is 47.2 Å². The van der Waals surface area contributed by atoms with Crippen LogP contribution in [0.2, 0.25) is 0 Å². The first kappa shape index (κ1) is 28.4. The van der Waals surface area contributed by atoms with Gasteiger partial charge in [-0.15, -0.1) is 6.42 Å². The van der Waals surface area contributed by atoms with E-state index in [-0.39, 0.29) is 6.04 Å². The number of piperazine rings is 1. The summed E-state index contributed by atoms with van der Waals surface area (Å²) in [6.07, 6.45) is 9.51. The number of benzene rings is 2. The third-order valence-electron chi connectivity index (χ3n) is 7.52. The minimum absolute atomic E-state index is 0.277. The molecule has 11 heteroatoms. The van der Waals surface area contributed by atoms with Gasteiger partial charge in [-0.05, 0) is 48.9 Å². The summed E-state index contributed by atoms with van der Waals surface area (Å²) in [7, 11) is -1.83. The standard InChI is InChI=1S/C30H35N7O3S/c1-5-27(38)21-35-16-17-36(19-22(35)2)26-12-10-25(11-13-26)32-30-31-18-23-14-15-37(29(23)33-30)20-24-8-6-7-9-28(24)34(3)41(4,39)40/h1,6-15,18,22,27,38H,16-17,19-21H2,2-4H3,(H,31,32,33). The van der Waals surface area contributed by atoms with E-state index in [4.69, 9.17) is 11.4 Å². The molecule has 2 aromatic carbocycles. The average Bonchev–Trinajstić information content (AvgIpc) is 3.35. The Labute approximate surface area is 241 Å². The van der Waals surface area contributed by atoms with Crippen molar-refractivity contribution >= 4 is 44.1 Å². The molecular weight excluding hydrogens is 538 g/mol. The zero-order valence-electron chi connectivity index (χ0n) is 23.5. The first-order valence-corrected chi connectivity index (χ1v) is 15.3. The molecule has 1 saturated heterocycles. The van der Waals surface area contributed by atoms with E-state index in [0.717, 1.165) is 47.6 Å². The van der Waals surface area contributed by atoms with Crippen LogP contribution in [0.1, 0.15) is 12.5 Å². The fourth-order valence-electron chi connectivity index (χ4n) is 5.13. The second-order valence-corrected chi connectivity index (χ2v) is 12.4. The number of fused-ring (bicyclic) bond motifs is 1. The van der Waals surface area contributed by atoms with Crippen LogP contribution in [0.3, 0.4) is 0 Å². The van der Waals surface area contributed by atoms with Crippen molar-refractivity contribution in [2.24, 2.45) is 0 Å². The molecule has 1 aliphatic heterocycles. The molecule has 10 nitrogen and oxygen atoms in total. The quantitative estimate of drug-likeness (QED) is 0.294. The molecule has 4 aromatic rings. The van der Waals surface area contributed by atoms with Gasteiger partial charge in [-0.3, -0.25) is 9.21 Å². The van der Waals surface area contributed by atoms with Crippen molar-refractivity contribution in [2.75, 3.05) is 54.0 Å².